The van der Waals surface area contributed by atoms with Crippen molar-refractivity contribution in [3.63, 3.8) is 0 Å². The van der Waals surface area contributed by atoms with Crippen molar-refractivity contribution in [2.45, 2.75) is 17.9 Å². The third-order valence-electron chi connectivity index (χ3n) is 4.14. The largest absolute Gasteiger partial charge is 0.495 e. The quantitative estimate of drug-likeness (QED) is 0.679. The normalized spacial score (nSPS) is 12.6. The number of anilines is 1. The van der Waals surface area contributed by atoms with Gasteiger partial charge in [-0.25, -0.2) is 12.7 Å². The number of nitrogens with zero attached hydrogens (tertiary/aromatic N) is 1. The van der Waals surface area contributed by atoms with Crippen LogP contribution in [0.25, 0.3) is 0 Å². The lowest BCUT2D eigenvalue weighted by Gasteiger charge is -2.17. The Hall–Kier alpha value is -2.13. The Labute approximate surface area is 170 Å². The first kappa shape index (κ1) is 22.2. The van der Waals surface area contributed by atoms with Crippen LogP contribution in [0.1, 0.15) is 18.5 Å². The SMILES string of the molecule is COc1ccc(S(=O)(=O)N(C)C)cc1NC(=O)CN[C@H](C)c1cccc(Cl)c1. The van der Waals surface area contributed by atoms with Gasteiger partial charge in [0.2, 0.25) is 15.9 Å². The third-order valence-corrected chi connectivity index (χ3v) is 6.19. The number of benzene rings is 2. The van der Waals surface area contributed by atoms with E-state index in [1.165, 1.54) is 39.4 Å². The van der Waals surface area contributed by atoms with Crippen molar-refractivity contribution < 1.29 is 17.9 Å². The van der Waals surface area contributed by atoms with Gasteiger partial charge in [-0.05, 0) is 42.8 Å². The van der Waals surface area contributed by atoms with Gasteiger partial charge in [0.1, 0.15) is 5.75 Å². The maximum atomic E-state index is 12.4. The van der Waals surface area contributed by atoms with E-state index in [1.807, 2.05) is 25.1 Å². The fourth-order valence-electron chi connectivity index (χ4n) is 2.49. The standard InChI is InChI=1S/C19H24ClN3O4S/c1-13(14-6-5-7-15(20)10-14)21-12-19(24)22-17-11-16(8-9-18(17)27-4)28(25,26)23(2)3/h5-11,13,21H,12H2,1-4H3,(H,22,24)/t13-/m1/s1. The Morgan fingerprint density at radius 3 is 2.54 bits per heavy atom. The maximum absolute atomic E-state index is 12.4. The van der Waals surface area contributed by atoms with Crippen LogP contribution in [0.15, 0.2) is 47.4 Å². The fourth-order valence-corrected chi connectivity index (χ4v) is 3.62. The third kappa shape index (κ3) is 5.45. The van der Waals surface area contributed by atoms with Crippen molar-refractivity contribution in [3.8, 4) is 5.75 Å². The molecule has 7 nitrogen and oxygen atoms in total. The average Bonchev–Trinajstić information content (AvgIpc) is 2.65. The van der Waals surface area contributed by atoms with Gasteiger partial charge >= 0.3 is 0 Å². The van der Waals surface area contributed by atoms with Crippen LogP contribution in [0, 0.1) is 0 Å². The number of hydrogen-bond acceptors (Lipinski definition) is 5. The minimum atomic E-state index is -3.63. The molecule has 2 rings (SSSR count). The first-order valence-corrected chi connectivity index (χ1v) is 10.4. The molecule has 0 saturated carbocycles. The summed E-state index contributed by atoms with van der Waals surface area (Å²) in [5, 5.41) is 6.43. The highest BCUT2D eigenvalue weighted by molar-refractivity contribution is 7.89. The van der Waals surface area contributed by atoms with E-state index in [-0.39, 0.29) is 29.1 Å². The van der Waals surface area contributed by atoms with E-state index in [0.717, 1.165) is 9.87 Å². The van der Waals surface area contributed by atoms with Crippen molar-refractivity contribution in [1.82, 2.24) is 9.62 Å². The zero-order chi connectivity index (χ0) is 20.9. The summed E-state index contributed by atoms with van der Waals surface area (Å²) in [7, 11) is 0.708. The van der Waals surface area contributed by atoms with Gasteiger partial charge in [-0.3, -0.25) is 4.79 Å². The first-order valence-electron chi connectivity index (χ1n) is 8.54. The molecule has 28 heavy (non-hydrogen) atoms. The van der Waals surface area contributed by atoms with Gasteiger partial charge in [0.25, 0.3) is 0 Å². The monoisotopic (exact) mass is 425 g/mol. The number of carbonyl (C=O) groups is 1. The lowest BCUT2D eigenvalue weighted by atomic mass is 10.1. The second-order valence-corrected chi connectivity index (χ2v) is 8.94. The Balaban J connectivity index is 2.10. The molecule has 2 aromatic rings. The molecule has 0 saturated heterocycles. The molecule has 0 unspecified atom stereocenters. The summed E-state index contributed by atoms with van der Waals surface area (Å²) >= 11 is 5.99. The molecule has 1 amide bonds. The summed E-state index contributed by atoms with van der Waals surface area (Å²) in [5.41, 5.74) is 1.24. The van der Waals surface area contributed by atoms with Gasteiger partial charge in [-0.2, -0.15) is 0 Å². The first-order chi connectivity index (χ1) is 13.1. The van der Waals surface area contributed by atoms with Crippen LogP contribution in [0.3, 0.4) is 0 Å². The number of ether oxygens (including phenoxy) is 1. The summed E-state index contributed by atoms with van der Waals surface area (Å²) in [6.07, 6.45) is 0. The molecule has 0 aromatic heterocycles. The van der Waals surface area contributed by atoms with Crippen molar-refractivity contribution in [1.29, 1.82) is 0 Å². The van der Waals surface area contributed by atoms with Crippen LogP contribution in [0.4, 0.5) is 5.69 Å². The van der Waals surface area contributed by atoms with Gasteiger partial charge in [0.05, 0.1) is 24.2 Å². The van der Waals surface area contributed by atoms with E-state index < -0.39 is 10.0 Å². The zero-order valence-electron chi connectivity index (χ0n) is 16.2. The molecule has 9 heteroatoms. The van der Waals surface area contributed by atoms with E-state index in [9.17, 15) is 13.2 Å². The smallest absolute Gasteiger partial charge is 0.242 e. The van der Waals surface area contributed by atoms with Gasteiger partial charge in [-0.1, -0.05) is 23.7 Å². The van der Waals surface area contributed by atoms with Crippen molar-refractivity contribution >= 4 is 33.2 Å². The number of sulfonamides is 1. The number of hydrogen-bond donors (Lipinski definition) is 2. The summed E-state index contributed by atoms with van der Waals surface area (Å²) in [4.78, 5) is 12.4. The van der Waals surface area contributed by atoms with Gasteiger partial charge in [0.15, 0.2) is 0 Å². The summed E-state index contributed by atoms with van der Waals surface area (Å²) in [6.45, 7) is 1.95. The van der Waals surface area contributed by atoms with Gasteiger partial charge < -0.3 is 15.4 Å². The van der Waals surface area contributed by atoms with Crippen LogP contribution < -0.4 is 15.4 Å². The minimum Gasteiger partial charge on any atom is -0.495 e. The van der Waals surface area contributed by atoms with Crippen LogP contribution in [0.2, 0.25) is 5.02 Å². The summed E-state index contributed by atoms with van der Waals surface area (Å²) in [6, 6.07) is 11.6. The minimum absolute atomic E-state index is 0.0293. The number of methoxy groups -OCH3 is 1. The topological polar surface area (TPSA) is 87.7 Å². The maximum Gasteiger partial charge on any atom is 0.242 e. The van der Waals surface area contributed by atoms with Crippen molar-refractivity contribution in [3.05, 3.63) is 53.1 Å². The Morgan fingerprint density at radius 2 is 1.93 bits per heavy atom. The molecule has 0 aliphatic rings. The van der Waals surface area contributed by atoms with E-state index in [4.69, 9.17) is 16.3 Å². The molecule has 0 bridgehead atoms. The molecule has 1 atom stereocenters. The molecule has 152 valence electrons. The molecule has 2 aromatic carbocycles. The number of amides is 1. The highest BCUT2D eigenvalue weighted by Crippen LogP contribution is 2.28. The summed E-state index contributed by atoms with van der Waals surface area (Å²) in [5.74, 6) is 0.0422. The van der Waals surface area contributed by atoms with Gasteiger partial charge in [0, 0.05) is 25.2 Å². The second-order valence-electron chi connectivity index (χ2n) is 6.36. The van der Waals surface area contributed by atoms with E-state index in [2.05, 4.69) is 10.6 Å². The second kappa shape index (κ2) is 9.38. The number of rotatable bonds is 8. The zero-order valence-corrected chi connectivity index (χ0v) is 17.8. The molecule has 0 aliphatic carbocycles. The molecule has 2 N–H and O–H groups in total. The Bertz CT molecular complexity index is 948. The predicted octanol–water partition coefficient (Wildman–Crippen LogP) is 2.89. The molecule has 0 heterocycles. The molecule has 0 aliphatic heterocycles. The van der Waals surface area contributed by atoms with Crippen LogP contribution in [0.5, 0.6) is 5.75 Å². The molecule has 0 radical (unpaired) electrons. The van der Waals surface area contributed by atoms with Crippen molar-refractivity contribution in [2.24, 2.45) is 0 Å². The Kier molecular flexibility index (Phi) is 7.42. The number of nitrogens with one attached hydrogen (secondary N) is 2. The van der Waals surface area contributed by atoms with E-state index >= 15 is 0 Å². The van der Waals surface area contributed by atoms with Gasteiger partial charge in [-0.15, -0.1) is 0 Å². The molecule has 0 spiro atoms. The molecular formula is C19H24ClN3O4S. The summed E-state index contributed by atoms with van der Waals surface area (Å²) < 4.78 is 31.0. The van der Waals surface area contributed by atoms with Crippen LogP contribution in [-0.2, 0) is 14.8 Å². The average molecular weight is 426 g/mol. The Morgan fingerprint density at radius 1 is 1.21 bits per heavy atom. The number of halogens is 1. The van der Waals surface area contributed by atoms with Crippen LogP contribution >= 0.6 is 11.6 Å². The number of carbonyl (C=O) groups excluding carboxylic acids is 1. The highest BCUT2D eigenvalue weighted by atomic mass is 35.5. The fraction of sp³-hybridized carbons (Fsp3) is 0.316. The van der Waals surface area contributed by atoms with Crippen molar-refractivity contribution in [2.75, 3.05) is 33.1 Å². The molecule has 0 fully saturated rings. The van der Waals surface area contributed by atoms with E-state index in [0.29, 0.717) is 10.8 Å². The van der Waals surface area contributed by atoms with E-state index in [1.54, 1.807) is 6.07 Å². The lowest BCUT2D eigenvalue weighted by Crippen LogP contribution is -2.30. The highest BCUT2D eigenvalue weighted by Gasteiger charge is 2.20. The molecular weight excluding hydrogens is 402 g/mol. The lowest BCUT2D eigenvalue weighted by molar-refractivity contribution is -0.115. The van der Waals surface area contributed by atoms with Crippen LogP contribution in [-0.4, -0.2) is 46.4 Å². The predicted molar refractivity (Wildman–Crippen MR) is 110 cm³/mol.